The molecule has 2 aliphatic heterocycles. The van der Waals surface area contributed by atoms with E-state index in [1.54, 1.807) is 0 Å². The molecule has 4 atom stereocenters. The molecule has 1 saturated carbocycles. The summed E-state index contributed by atoms with van der Waals surface area (Å²) in [7, 11) is 0. The number of ether oxygens (including phenoxy) is 1. The van der Waals surface area contributed by atoms with Crippen molar-refractivity contribution in [2.24, 2.45) is 11.3 Å². The van der Waals surface area contributed by atoms with Crippen LogP contribution in [0.15, 0.2) is 12.1 Å². The number of ketones is 1. The molecule has 0 bridgehead atoms. The molecule has 3 fully saturated rings. The lowest BCUT2D eigenvalue weighted by atomic mass is 9.95. The highest BCUT2D eigenvalue weighted by Crippen LogP contribution is 2.55. The lowest BCUT2D eigenvalue weighted by Gasteiger charge is -2.28. The molecule has 9 nitrogen and oxygen atoms in total. The number of Topliss-reactive ketones (excluding diaryl/α,β-unsaturated/α-hetero) is 1. The van der Waals surface area contributed by atoms with E-state index in [0.29, 0.717) is 25.0 Å². The summed E-state index contributed by atoms with van der Waals surface area (Å²) in [5.41, 5.74) is -1.06. The third-order valence-corrected chi connectivity index (χ3v) is 7.37. The zero-order valence-electron chi connectivity index (χ0n) is 20.3. The van der Waals surface area contributed by atoms with Gasteiger partial charge in [-0.15, -0.1) is 13.2 Å². The smallest absolute Gasteiger partial charge is 0.378 e. The molecule has 214 valence electrons. The van der Waals surface area contributed by atoms with Gasteiger partial charge in [0, 0.05) is 19.0 Å². The van der Waals surface area contributed by atoms with Crippen molar-refractivity contribution in [3.05, 3.63) is 35.1 Å². The number of rotatable bonds is 9. The molecule has 39 heavy (non-hydrogen) atoms. The average molecular weight is 565 g/mol. The number of alkyl halides is 3. The lowest BCUT2D eigenvalue weighted by molar-refractivity contribution is -0.321. The Balaban J connectivity index is 1.52. The number of likely N-dealkylation sites (tertiary alicyclic amines) is 1. The van der Waals surface area contributed by atoms with E-state index in [9.17, 15) is 50.6 Å². The van der Waals surface area contributed by atoms with Gasteiger partial charge in [0.05, 0.1) is 6.04 Å². The third kappa shape index (κ3) is 6.52. The Morgan fingerprint density at radius 2 is 1.82 bits per heavy atom. The molecule has 1 aromatic rings. The zero-order chi connectivity index (χ0) is 28.7. The zero-order valence-corrected chi connectivity index (χ0v) is 20.3. The van der Waals surface area contributed by atoms with E-state index in [2.05, 4.69) is 15.4 Å². The van der Waals surface area contributed by atoms with E-state index in [1.807, 2.05) is 0 Å². The van der Waals surface area contributed by atoms with E-state index in [0.717, 1.165) is 4.90 Å². The lowest BCUT2D eigenvalue weighted by Crippen LogP contribution is -2.53. The Morgan fingerprint density at radius 1 is 1.18 bits per heavy atom. The number of hydrogen-bond donors (Lipinski definition) is 3. The van der Waals surface area contributed by atoms with Crippen LogP contribution in [0.2, 0.25) is 0 Å². The van der Waals surface area contributed by atoms with Gasteiger partial charge in [0.25, 0.3) is 5.91 Å². The quantitative estimate of drug-likeness (QED) is 0.309. The number of nitrogens with zero attached hydrogens (tertiary/aromatic N) is 1. The van der Waals surface area contributed by atoms with Crippen LogP contribution in [0.25, 0.3) is 0 Å². The second kappa shape index (κ2) is 10.8. The number of carbonyl (C=O) groups is 4. The molecular weight excluding hydrogens is 540 g/mol. The number of nitrogens with one attached hydrogen (secondary N) is 2. The van der Waals surface area contributed by atoms with Gasteiger partial charge in [-0.25, -0.2) is 13.2 Å². The van der Waals surface area contributed by atoms with Crippen LogP contribution in [0.3, 0.4) is 0 Å². The highest BCUT2D eigenvalue weighted by atomic mass is 19.4. The Labute approximate surface area is 217 Å². The van der Waals surface area contributed by atoms with E-state index in [1.165, 1.54) is 0 Å². The number of amides is 3. The maximum Gasteiger partial charge on any atom is 0.522 e. The first-order chi connectivity index (χ1) is 18.2. The summed E-state index contributed by atoms with van der Waals surface area (Å²) in [6, 6.07) is -1.94. The normalized spacial score (nSPS) is 23.5. The van der Waals surface area contributed by atoms with Gasteiger partial charge in [-0.2, -0.15) is 0 Å². The van der Waals surface area contributed by atoms with Crippen molar-refractivity contribution in [2.75, 3.05) is 19.7 Å². The van der Waals surface area contributed by atoms with Crippen LogP contribution in [0.5, 0.6) is 0 Å². The first-order valence-corrected chi connectivity index (χ1v) is 12.1. The van der Waals surface area contributed by atoms with Crippen LogP contribution >= 0.6 is 0 Å². The van der Waals surface area contributed by atoms with E-state index < -0.39 is 89.0 Å². The van der Waals surface area contributed by atoms with Crippen molar-refractivity contribution >= 4 is 23.5 Å². The van der Waals surface area contributed by atoms with Crippen molar-refractivity contribution in [1.29, 1.82) is 0 Å². The molecule has 3 aliphatic rings. The SMILES string of the molecule is O=C1NCC[C@H]1C[C@H](NC(=O)[C@@H]1CC2(CC2)CN1C(=O)C(O)c1cc(F)c(F)c(F)c1)C(=O)COC(F)(F)F. The van der Waals surface area contributed by atoms with Gasteiger partial charge >= 0.3 is 6.36 Å². The van der Waals surface area contributed by atoms with Crippen LogP contribution in [0.4, 0.5) is 26.3 Å². The largest absolute Gasteiger partial charge is 0.522 e. The first-order valence-electron chi connectivity index (χ1n) is 12.1. The summed E-state index contributed by atoms with van der Waals surface area (Å²) in [6.07, 6.45) is -5.93. The first kappa shape index (κ1) is 28.8. The molecule has 1 aliphatic carbocycles. The Hall–Kier alpha value is -3.20. The number of aliphatic hydroxyl groups is 1. The Kier molecular flexibility index (Phi) is 7.94. The van der Waals surface area contributed by atoms with Crippen LogP contribution in [0, 0.1) is 28.8 Å². The minimum Gasteiger partial charge on any atom is -0.378 e. The monoisotopic (exact) mass is 565 g/mol. The minimum atomic E-state index is -5.11. The second-order valence-corrected chi connectivity index (χ2v) is 10.2. The fourth-order valence-electron chi connectivity index (χ4n) is 5.04. The molecule has 0 aromatic heterocycles. The minimum absolute atomic E-state index is 0.00598. The maximum absolute atomic E-state index is 13.7. The summed E-state index contributed by atoms with van der Waals surface area (Å²) in [6.45, 7) is -1.14. The summed E-state index contributed by atoms with van der Waals surface area (Å²) in [4.78, 5) is 52.0. The molecule has 3 amide bonds. The molecule has 1 spiro atoms. The van der Waals surface area contributed by atoms with Crippen LogP contribution < -0.4 is 10.6 Å². The predicted molar refractivity (Wildman–Crippen MR) is 118 cm³/mol. The average Bonchev–Trinajstić information content (AvgIpc) is 3.33. The molecule has 3 N–H and O–H groups in total. The summed E-state index contributed by atoms with van der Waals surface area (Å²) < 4.78 is 81.8. The van der Waals surface area contributed by atoms with Crippen LogP contribution in [-0.4, -0.2) is 71.7 Å². The van der Waals surface area contributed by atoms with Gasteiger partial charge in [0.2, 0.25) is 11.8 Å². The van der Waals surface area contributed by atoms with Gasteiger partial charge in [-0.05, 0) is 55.2 Å². The number of benzene rings is 1. The fourth-order valence-corrected chi connectivity index (χ4v) is 5.04. The third-order valence-electron chi connectivity index (χ3n) is 7.37. The molecule has 15 heteroatoms. The van der Waals surface area contributed by atoms with Crippen molar-refractivity contribution in [2.45, 2.75) is 56.7 Å². The Bertz CT molecular complexity index is 1150. The molecule has 2 saturated heterocycles. The topological polar surface area (TPSA) is 125 Å². The van der Waals surface area contributed by atoms with Gasteiger partial charge < -0.3 is 20.6 Å². The Morgan fingerprint density at radius 3 is 2.36 bits per heavy atom. The van der Waals surface area contributed by atoms with Crippen molar-refractivity contribution < 1.29 is 55.4 Å². The van der Waals surface area contributed by atoms with Gasteiger partial charge in [0.15, 0.2) is 29.3 Å². The number of aliphatic hydroxyl groups excluding tert-OH is 1. The molecule has 1 unspecified atom stereocenters. The summed E-state index contributed by atoms with van der Waals surface area (Å²) in [5, 5.41) is 15.4. The van der Waals surface area contributed by atoms with Gasteiger partial charge in [-0.1, -0.05) is 0 Å². The van der Waals surface area contributed by atoms with Crippen molar-refractivity contribution in [1.82, 2.24) is 15.5 Å². The number of hydrogen-bond acceptors (Lipinski definition) is 6. The highest BCUT2D eigenvalue weighted by molar-refractivity contribution is 5.95. The molecule has 4 rings (SSSR count). The molecule has 0 radical (unpaired) electrons. The number of carbonyl (C=O) groups excluding carboxylic acids is 4. The van der Waals surface area contributed by atoms with Gasteiger partial charge in [0.1, 0.15) is 12.6 Å². The number of halogens is 6. The second-order valence-electron chi connectivity index (χ2n) is 10.2. The van der Waals surface area contributed by atoms with Crippen molar-refractivity contribution in [3.8, 4) is 0 Å². The highest BCUT2D eigenvalue weighted by Gasteiger charge is 2.56. The maximum atomic E-state index is 13.7. The molecular formula is C24H25F6N3O6. The molecule has 2 heterocycles. The van der Waals surface area contributed by atoms with E-state index >= 15 is 0 Å². The predicted octanol–water partition coefficient (Wildman–Crippen LogP) is 1.63. The molecule has 1 aromatic carbocycles. The van der Waals surface area contributed by atoms with E-state index in [-0.39, 0.29) is 32.4 Å². The van der Waals surface area contributed by atoms with Crippen LogP contribution in [0.1, 0.15) is 43.8 Å². The van der Waals surface area contributed by atoms with Crippen molar-refractivity contribution in [3.63, 3.8) is 0 Å². The van der Waals surface area contributed by atoms with Gasteiger partial charge in [-0.3, -0.25) is 23.9 Å². The van der Waals surface area contributed by atoms with Crippen LogP contribution in [-0.2, 0) is 23.9 Å². The fraction of sp³-hybridized carbons (Fsp3) is 0.583. The summed E-state index contributed by atoms with van der Waals surface area (Å²) in [5.74, 6) is -9.43. The van der Waals surface area contributed by atoms with E-state index in [4.69, 9.17) is 0 Å². The summed E-state index contributed by atoms with van der Waals surface area (Å²) >= 11 is 0. The standard InChI is InChI=1S/C24H25F6N3O6/c25-13-5-12(6-14(26)18(13)27)19(35)22(38)33-10-23(2-3-23)8-16(33)21(37)32-15(7-11-1-4-31-20(11)36)17(34)9-39-24(28,29)30/h5-6,11,15-16,19,35H,1-4,7-10H2,(H,31,36)(H,32,37)/t11-,15-,16-,19?/m0/s1.